The van der Waals surface area contributed by atoms with E-state index in [1.54, 1.807) is 12.1 Å². The zero-order chi connectivity index (χ0) is 21.6. The summed E-state index contributed by atoms with van der Waals surface area (Å²) in [4.78, 5) is 4.88. The highest BCUT2D eigenvalue weighted by Crippen LogP contribution is 2.28. The lowest BCUT2D eigenvalue weighted by atomic mass is 10.2. The van der Waals surface area contributed by atoms with E-state index in [1.165, 1.54) is 31.5 Å². The van der Waals surface area contributed by atoms with E-state index in [0.717, 1.165) is 39.1 Å². The summed E-state index contributed by atoms with van der Waals surface area (Å²) in [5.74, 6) is 0.776. The van der Waals surface area contributed by atoms with Gasteiger partial charge in [-0.25, -0.2) is 13.1 Å². The second-order valence-corrected chi connectivity index (χ2v) is 9.17. The number of benzene rings is 2. The van der Waals surface area contributed by atoms with Crippen molar-refractivity contribution < 1.29 is 17.9 Å². The van der Waals surface area contributed by atoms with E-state index in [1.807, 2.05) is 0 Å². The minimum atomic E-state index is -3.67. The highest BCUT2D eigenvalue weighted by molar-refractivity contribution is 7.89. The average Bonchev–Trinajstić information content (AvgIpc) is 2.76. The second kappa shape index (κ2) is 10.1. The molecule has 0 atom stereocenters. The number of hydrogen-bond donors (Lipinski definition) is 1. The van der Waals surface area contributed by atoms with E-state index in [9.17, 15) is 8.42 Å². The molecular weight excluding hydrogens is 402 g/mol. The number of nitrogens with one attached hydrogen (secondary N) is 1. The van der Waals surface area contributed by atoms with Gasteiger partial charge in [0.25, 0.3) is 0 Å². The summed E-state index contributed by atoms with van der Waals surface area (Å²) < 4.78 is 38.4. The predicted molar refractivity (Wildman–Crippen MR) is 119 cm³/mol. The van der Waals surface area contributed by atoms with Crippen molar-refractivity contribution in [1.29, 1.82) is 0 Å². The predicted octanol–water partition coefficient (Wildman–Crippen LogP) is 2.50. The molecule has 1 saturated heterocycles. The monoisotopic (exact) mass is 433 g/mol. The van der Waals surface area contributed by atoms with Crippen molar-refractivity contribution in [3.05, 3.63) is 48.0 Å². The van der Waals surface area contributed by atoms with Crippen molar-refractivity contribution >= 4 is 15.7 Å². The van der Waals surface area contributed by atoms with Gasteiger partial charge >= 0.3 is 0 Å². The first-order valence-electron chi connectivity index (χ1n) is 10.2. The first-order chi connectivity index (χ1) is 14.4. The first-order valence-corrected chi connectivity index (χ1v) is 11.7. The summed E-state index contributed by atoms with van der Waals surface area (Å²) in [6.45, 7) is 7.27. The fourth-order valence-corrected chi connectivity index (χ4v) is 4.89. The minimum Gasteiger partial charge on any atom is -0.497 e. The van der Waals surface area contributed by atoms with Crippen LogP contribution >= 0.6 is 0 Å². The average molecular weight is 434 g/mol. The van der Waals surface area contributed by atoms with E-state index in [0.29, 0.717) is 18.0 Å². The number of hydrogen-bond acceptors (Lipinski definition) is 6. The molecule has 8 heteroatoms. The number of piperazine rings is 1. The van der Waals surface area contributed by atoms with Crippen LogP contribution in [0, 0.1) is 6.92 Å². The van der Waals surface area contributed by atoms with Crippen molar-refractivity contribution in [2.45, 2.75) is 18.2 Å². The highest BCUT2D eigenvalue weighted by atomic mass is 32.2. The largest absolute Gasteiger partial charge is 0.497 e. The van der Waals surface area contributed by atoms with Gasteiger partial charge in [0.15, 0.2) is 0 Å². The number of nitrogens with zero attached hydrogens (tertiary/aromatic N) is 2. The molecule has 0 saturated carbocycles. The molecule has 0 spiro atoms. The molecule has 164 valence electrons. The number of anilines is 1. The Hall–Kier alpha value is -2.29. The Morgan fingerprint density at radius 2 is 1.77 bits per heavy atom. The fourth-order valence-electron chi connectivity index (χ4n) is 3.64. The molecule has 0 aliphatic carbocycles. The second-order valence-electron chi connectivity index (χ2n) is 7.44. The van der Waals surface area contributed by atoms with Crippen LogP contribution in [-0.2, 0) is 10.0 Å². The Bertz CT molecular complexity index is 941. The van der Waals surface area contributed by atoms with Crippen LogP contribution in [0.1, 0.15) is 12.0 Å². The first kappa shape index (κ1) is 22.4. The molecule has 2 aromatic rings. The van der Waals surface area contributed by atoms with Gasteiger partial charge in [-0.2, -0.15) is 0 Å². The van der Waals surface area contributed by atoms with E-state index in [-0.39, 0.29) is 4.90 Å². The topological polar surface area (TPSA) is 71.1 Å². The van der Waals surface area contributed by atoms with Crippen LogP contribution in [0.4, 0.5) is 5.69 Å². The Balaban J connectivity index is 1.46. The van der Waals surface area contributed by atoms with Gasteiger partial charge in [0.2, 0.25) is 10.0 Å². The number of rotatable bonds is 9. The van der Waals surface area contributed by atoms with E-state index < -0.39 is 10.0 Å². The van der Waals surface area contributed by atoms with E-state index in [2.05, 4.69) is 45.7 Å². The van der Waals surface area contributed by atoms with Crippen molar-refractivity contribution in [3.8, 4) is 11.5 Å². The molecule has 3 rings (SSSR count). The molecule has 0 amide bonds. The number of sulfonamides is 1. The van der Waals surface area contributed by atoms with Gasteiger partial charge < -0.3 is 14.4 Å². The molecule has 1 N–H and O–H groups in total. The summed E-state index contributed by atoms with van der Waals surface area (Å²) in [7, 11) is -0.709. The van der Waals surface area contributed by atoms with E-state index in [4.69, 9.17) is 9.47 Å². The number of aryl methyl sites for hydroxylation is 1. The van der Waals surface area contributed by atoms with Crippen LogP contribution in [-0.4, -0.2) is 66.8 Å². The van der Waals surface area contributed by atoms with Gasteiger partial charge in [-0.1, -0.05) is 12.1 Å². The van der Waals surface area contributed by atoms with Crippen molar-refractivity contribution in [1.82, 2.24) is 9.62 Å². The SMILES string of the molecule is COc1ccc(OC)c(S(=O)(=O)NCCCN2CCN(c3cccc(C)c3)CC2)c1. The zero-order valence-electron chi connectivity index (χ0n) is 17.9. The van der Waals surface area contributed by atoms with E-state index >= 15 is 0 Å². The lowest BCUT2D eigenvalue weighted by Gasteiger charge is -2.36. The molecule has 1 aliphatic heterocycles. The fraction of sp³-hybridized carbons (Fsp3) is 0.455. The third kappa shape index (κ3) is 5.65. The molecule has 2 aromatic carbocycles. The standard InChI is InChI=1S/C22H31N3O4S/c1-18-6-4-7-19(16-18)25-14-12-24(13-15-25)11-5-10-23-30(26,27)22-17-20(28-2)8-9-21(22)29-3/h4,6-9,16-17,23H,5,10-15H2,1-3H3. The molecular formula is C22H31N3O4S. The van der Waals surface area contributed by atoms with Crippen LogP contribution in [0.25, 0.3) is 0 Å². The lowest BCUT2D eigenvalue weighted by molar-refractivity contribution is 0.255. The molecule has 0 bridgehead atoms. The highest BCUT2D eigenvalue weighted by Gasteiger charge is 2.21. The van der Waals surface area contributed by atoms with Gasteiger partial charge in [-0.3, -0.25) is 4.90 Å². The number of methoxy groups -OCH3 is 2. The van der Waals surface area contributed by atoms with Gasteiger partial charge in [-0.05, 0) is 49.7 Å². The normalized spacial score (nSPS) is 15.2. The van der Waals surface area contributed by atoms with Gasteiger partial charge in [0.05, 0.1) is 14.2 Å². The molecule has 0 radical (unpaired) electrons. The Labute approximate surface area is 179 Å². The van der Waals surface area contributed by atoms with Gasteiger partial charge in [-0.15, -0.1) is 0 Å². The van der Waals surface area contributed by atoms with Gasteiger partial charge in [0.1, 0.15) is 16.4 Å². The van der Waals surface area contributed by atoms with Crippen LogP contribution < -0.4 is 19.1 Å². The maximum absolute atomic E-state index is 12.7. The summed E-state index contributed by atoms with van der Waals surface area (Å²) >= 11 is 0. The molecule has 1 fully saturated rings. The van der Waals surface area contributed by atoms with Gasteiger partial charge in [0, 0.05) is 44.5 Å². The van der Waals surface area contributed by atoms with Crippen molar-refractivity contribution in [3.63, 3.8) is 0 Å². The van der Waals surface area contributed by atoms with Crippen LogP contribution in [0.15, 0.2) is 47.4 Å². The lowest BCUT2D eigenvalue weighted by Crippen LogP contribution is -2.47. The molecule has 7 nitrogen and oxygen atoms in total. The van der Waals surface area contributed by atoms with Crippen LogP contribution in [0.3, 0.4) is 0 Å². The Morgan fingerprint density at radius 1 is 1.00 bits per heavy atom. The smallest absolute Gasteiger partial charge is 0.244 e. The molecule has 1 heterocycles. The van der Waals surface area contributed by atoms with Crippen LogP contribution in [0.5, 0.6) is 11.5 Å². The third-order valence-corrected chi connectivity index (χ3v) is 6.82. The van der Waals surface area contributed by atoms with Crippen molar-refractivity contribution in [2.24, 2.45) is 0 Å². The summed E-state index contributed by atoms with van der Waals surface area (Å²) in [6.07, 6.45) is 0.746. The van der Waals surface area contributed by atoms with Crippen molar-refractivity contribution in [2.75, 3.05) is 58.4 Å². The Morgan fingerprint density at radius 3 is 2.43 bits per heavy atom. The molecule has 0 unspecified atom stereocenters. The Kier molecular flexibility index (Phi) is 7.58. The summed E-state index contributed by atoms with van der Waals surface area (Å²) in [6, 6.07) is 13.3. The zero-order valence-corrected chi connectivity index (χ0v) is 18.7. The summed E-state index contributed by atoms with van der Waals surface area (Å²) in [5.41, 5.74) is 2.55. The number of ether oxygens (including phenoxy) is 2. The quantitative estimate of drug-likeness (QED) is 0.613. The van der Waals surface area contributed by atoms with Crippen LogP contribution in [0.2, 0.25) is 0 Å². The maximum Gasteiger partial charge on any atom is 0.244 e. The molecule has 1 aliphatic rings. The third-order valence-electron chi connectivity index (χ3n) is 5.34. The maximum atomic E-state index is 12.7. The molecule has 30 heavy (non-hydrogen) atoms. The minimum absolute atomic E-state index is 0.0936. The summed E-state index contributed by atoms with van der Waals surface area (Å²) in [5, 5.41) is 0. The molecule has 0 aromatic heterocycles.